The molecule has 0 spiro atoms. The normalized spacial score (nSPS) is 11.4. The van der Waals surface area contributed by atoms with Crippen LogP contribution in [0, 0.1) is 19.3 Å². The third kappa shape index (κ3) is 5.59. The molecule has 2 aromatic carbocycles. The lowest BCUT2D eigenvalue weighted by Gasteiger charge is -2.25. The summed E-state index contributed by atoms with van der Waals surface area (Å²) in [5, 5.41) is 0. The standard InChI is InChI=1S/C22H30O2/c1-17-7-8-18(2)21(15-17)24-14-6-13-22(3,4)16-19-9-11-20(23-5)12-10-19/h7-12,15H,6,13-14,16H2,1-5H3. The largest absolute Gasteiger partial charge is 0.497 e. The molecule has 0 aliphatic rings. The summed E-state index contributed by atoms with van der Waals surface area (Å²) in [4.78, 5) is 0. The van der Waals surface area contributed by atoms with Gasteiger partial charge in [-0.15, -0.1) is 0 Å². The fourth-order valence-corrected chi connectivity index (χ4v) is 2.98. The zero-order valence-electron chi connectivity index (χ0n) is 15.7. The van der Waals surface area contributed by atoms with Crippen LogP contribution in [-0.4, -0.2) is 13.7 Å². The first-order valence-corrected chi connectivity index (χ1v) is 8.73. The molecule has 130 valence electrons. The number of hydrogen-bond donors (Lipinski definition) is 0. The molecule has 2 rings (SSSR count). The smallest absolute Gasteiger partial charge is 0.122 e. The predicted octanol–water partition coefficient (Wildman–Crippen LogP) is 5.74. The Balaban J connectivity index is 1.80. The third-order valence-electron chi connectivity index (χ3n) is 4.44. The lowest BCUT2D eigenvalue weighted by molar-refractivity contribution is 0.254. The Kier molecular flexibility index (Phi) is 6.30. The molecule has 24 heavy (non-hydrogen) atoms. The number of ether oxygens (including phenoxy) is 2. The Morgan fingerprint density at radius 3 is 2.33 bits per heavy atom. The molecule has 0 heterocycles. The van der Waals surface area contributed by atoms with Crippen LogP contribution in [0.2, 0.25) is 0 Å². The van der Waals surface area contributed by atoms with E-state index in [2.05, 4.69) is 58.0 Å². The van der Waals surface area contributed by atoms with E-state index < -0.39 is 0 Å². The highest BCUT2D eigenvalue weighted by molar-refractivity contribution is 5.35. The summed E-state index contributed by atoms with van der Waals surface area (Å²) in [7, 11) is 1.70. The Morgan fingerprint density at radius 2 is 1.67 bits per heavy atom. The average molecular weight is 326 g/mol. The summed E-state index contributed by atoms with van der Waals surface area (Å²) in [6.07, 6.45) is 3.28. The van der Waals surface area contributed by atoms with Gasteiger partial charge in [0.05, 0.1) is 13.7 Å². The van der Waals surface area contributed by atoms with Gasteiger partial charge < -0.3 is 9.47 Å². The molecule has 2 nitrogen and oxygen atoms in total. The highest BCUT2D eigenvalue weighted by atomic mass is 16.5. The Labute approximate surface area is 146 Å². The molecule has 0 saturated heterocycles. The molecular weight excluding hydrogens is 296 g/mol. The number of rotatable bonds is 8. The maximum Gasteiger partial charge on any atom is 0.122 e. The van der Waals surface area contributed by atoms with E-state index in [1.807, 2.05) is 12.1 Å². The zero-order valence-corrected chi connectivity index (χ0v) is 15.7. The van der Waals surface area contributed by atoms with Crippen LogP contribution in [0.15, 0.2) is 42.5 Å². The van der Waals surface area contributed by atoms with E-state index in [0.29, 0.717) is 0 Å². The Bertz CT molecular complexity index is 642. The maximum atomic E-state index is 5.98. The number of hydrogen-bond acceptors (Lipinski definition) is 2. The van der Waals surface area contributed by atoms with E-state index in [1.165, 1.54) is 16.7 Å². The molecule has 2 heteroatoms. The van der Waals surface area contributed by atoms with E-state index in [0.717, 1.165) is 37.4 Å². The fourth-order valence-electron chi connectivity index (χ4n) is 2.98. The average Bonchev–Trinajstić information content (AvgIpc) is 2.55. The van der Waals surface area contributed by atoms with Gasteiger partial charge in [-0.1, -0.05) is 38.1 Å². The van der Waals surface area contributed by atoms with Gasteiger partial charge in [0.15, 0.2) is 0 Å². The second-order valence-electron chi connectivity index (χ2n) is 7.41. The minimum atomic E-state index is 0.263. The first kappa shape index (κ1) is 18.4. The van der Waals surface area contributed by atoms with Gasteiger partial charge in [0.25, 0.3) is 0 Å². The van der Waals surface area contributed by atoms with Crippen LogP contribution >= 0.6 is 0 Å². The maximum absolute atomic E-state index is 5.98. The van der Waals surface area contributed by atoms with Crippen LogP contribution in [-0.2, 0) is 6.42 Å². The zero-order chi connectivity index (χ0) is 17.6. The molecule has 0 fully saturated rings. The van der Waals surface area contributed by atoms with E-state index in [-0.39, 0.29) is 5.41 Å². The van der Waals surface area contributed by atoms with Crippen LogP contribution < -0.4 is 9.47 Å². The SMILES string of the molecule is COc1ccc(CC(C)(C)CCCOc2cc(C)ccc2C)cc1. The van der Waals surface area contributed by atoms with E-state index in [4.69, 9.17) is 9.47 Å². The second-order valence-corrected chi connectivity index (χ2v) is 7.41. The molecule has 0 radical (unpaired) electrons. The van der Waals surface area contributed by atoms with E-state index >= 15 is 0 Å². The van der Waals surface area contributed by atoms with Gasteiger partial charge in [0.1, 0.15) is 11.5 Å². The molecule has 0 amide bonds. The highest BCUT2D eigenvalue weighted by Gasteiger charge is 2.18. The van der Waals surface area contributed by atoms with E-state index in [1.54, 1.807) is 7.11 Å². The van der Waals surface area contributed by atoms with Crippen molar-refractivity contribution in [2.24, 2.45) is 5.41 Å². The van der Waals surface area contributed by atoms with Crippen molar-refractivity contribution in [3.05, 3.63) is 59.2 Å². The van der Waals surface area contributed by atoms with Crippen molar-refractivity contribution in [2.75, 3.05) is 13.7 Å². The van der Waals surface area contributed by atoms with Crippen LogP contribution in [0.1, 0.15) is 43.4 Å². The van der Waals surface area contributed by atoms with Crippen molar-refractivity contribution >= 4 is 0 Å². The number of benzene rings is 2. The minimum absolute atomic E-state index is 0.263. The summed E-state index contributed by atoms with van der Waals surface area (Å²) < 4.78 is 11.2. The van der Waals surface area contributed by atoms with Crippen molar-refractivity contribution in [1.82, 2.24) is 0 Å². The topological polar surface area (TPSA) is 18.5 Å². The van der Waals surface area contributed by atoms with Gasteiger partial charge >= 0.3 is 0 Å². The molecule has 0 atom stereocenters. The molecule has 0 aromatic heterocycles. The van der Waals surface area contributed by atoms with Crippen molar-refractivity contribution < 1.29 is 9.47 Å². The molecule has 2 aromatic rings. The summed E-state index contributed by atoms with van der Waals surface area (Å²) >= 11 is 0. The summed E-state index contributed by atoms with van der Waals surface area (Å²) in [5.41, 5.74) is 4.07. The summed E-state index contributed by atoms with van der Waals surface area (Å²) in [6.45, 7) is 9.63. The summed E-state index contributed by atoms with van der Waals surface area (Å²) in [5.74, 6) is 1.93. The van der Waals surface area contributed by atoms with Gasteiger partial charge in [-0.25, -0.2) is 0 Å². The third-order valence-corrected chi connectivity index (χ3v) is 4.44. The molecule has 0 unspecified atom stereocenters. The molecule has 0 aliphatic heterocycles. The fraction of sp³-hybridized carbons (Fsp3) is 0.455. The van der Waals surface area contributed by atoms with Crippen LogP contribution in [0.25, 0.3) is 0 Å². The molecule has 0 N–H and O–H groups in total. The predicted molar refractivity (Wildman–Crippen MR) is 101 cm³/mol. The van der Waals surface area contributed by atoms with Crippen LogP contribution in [0.4, 0.5) is 0 Å². The van der Waals surface area contributed by atoms with Crippen LogP contribution in [0.3, 0.4) is 0 Å². The highest BCUT2D eigenvalue weighted by Crippen LogP contribution is 2.28. The van der Waals surface area contributed by atoms with Crippen molar-refractivity contribution in [3.63, 3.8) is 0 Å². The summed E-state index contributed by atoms with van der Waals surface area (Å²) in [6, 6.07) is 14.8. The van der Waals surface area contributed by atoms with E-state index in [9.17, 15) is 0 Å². The van der Waals surface area contributed by atoms with Gasteiger partial charge in [-0.05, 0) is 73.4 Å². The van der Waals surface area contributed by atoms with Crippen molar-refractivity contribution in [1.29, 1.82) is 0 Å². The molecule has 0 bridgehead atoms. The Morgan fingerprint density at radius 1 is 0.958 bits per heavy atom. The first-order chi connectivity index (χ1) is 11.4. The molecule has 0 saturated carbocycles. The van der Waals surface area contributed by atoms with Gasteiger partial charge in [-0.2, -0.15) is 0 Å². The number of aryl methyl sites for hydroxylation is 2. The quantitative estimate of drug-likeness (QED) is 0.576. The van der Waals surface area contributed by atoms with Gasteiger partial charge in [0.2, 0.25) is 0 Å². The second kappa shape index (κ2) is 8.23. The van der Waals surface area contributed by atoms with Crippen LogP contribution in [0.5, 0.6) is 11.5 Å². The first-order valence-electron chi connectivity index (χ1n) is 8.73. The van der Waals surface area contributed by atoms with Gasteiger partial charge in [-0.3, -0.25) is 0 Å². The lowest BCUT2D eigenvalue weighted by atomic mass is 9.82. The molecular formula is C22H30O2. The van der Waals surface area contributed by atoms with Crippen molar-refractivity contribution in [3.8, 4) is 11.5 Å². The molecule has 0 aliphatic carbocycles. The Hall–Kier alpha value is -1.96. The monoisotopic (exact) mass is 326 g/mol. The lowest BCUT2D eigenvalue weighted by Crippen LogP contribution is -2.16. The minimum Gasteiger partial charge on any atom is -0.497 e. The number of methoxy groups -OCH3 is 1. The van der Waals surface area contributed by atoms with Gasteiger partial charge in [0, 0.05) is 0 Å². The van der Waals surface area contributed by atoms with Crippen molar-refractivity contribution in [2.45, 2.75) is 47.0 Å².